The summed E-state index contributed by atoms with van der Waals surface area (Å²) in [7, 11) is 3.05. The first-order valence-electron chi connectivity index (χ1n) is 14.3. The summed E-state index contributed by atoms with van der Waals surface area (Å²) < 4.78 is 38.6. The number of nitrogens with zero attached hydrogens (tertiary/aromatic N) is 7. The molecule has 6 rings (SSSR count). The maximum atomic E-state index is 15.3. The Balaban J connectivity index is 1.15. The minimum atomic E-state index is -0.564. The zero-order chi connectivity index (χ0) is 32.4. The highest BCUT2D eigenvalue weighted by atomic mass is 19.1. The van der Waals surface area contributed by atoms with E-state index in [0.717, 1.165) is 0 Å². The molecule has 1 fully saturated rings. The summed E-state index contributed by atoms with van der Waals surface area (Å²) >= 11 is 0. The first kappa shape index (κ1) is 30.3. The van der Waals surface area contributed by atoms with Crippen LogP contribution < -0.4 is 24.8 Å². The van der Waals surface area contributed by atoms with Gasteiger partial charge in [0, 0.05) is 42.9 Å². The molecule has 238 valence electrons. The second kappa shape index (κ2) is 12.3. The van der Waals surface area contributed by atoms with Crippen LogP contribution in [-0.4, -0.2) is 79.7 Å². The van der Waals surface area contributed by atoms with Gasteiger partial charge in [0.1, 0.15) is 40.7 Å². The number of methoxy groups -OCH3 is 2. The average molecular weight is 630 g/mol. The maximum absolute atomic E-state index is 15.3. The molecule has 0 unspecified atom stereocenters. The van der Waals surface area contributed by atoms with Crippen molar-refractivity contribution in [3.05, 3.63) is 67.1 Å². The fourth-order valence-electron chi connectivity index (χ4n) is 4.68. The average Bonchev–Trinajstić information content (AvgIpc) is 3.47. The Morgan fingerprint density at radius 1 is 0.978 bits per heavy atom. The Labute approximate surface area is 263 Å². The number of anilines is 3. The van der Waals surface area contributed by atoms with Crippen LogP contribution in [0.5, 0.6) is 23.4 Å². The number of halogens is 1. The molecule has 15 heteroatoms. The van der Waals surface area contributed by atoms with E-state index in [-0.39, 0.29) is 35.5 Å². The van der Waals surface area contributed by atoms with Crippen molar-refractivity contribution < 1.29 is 28.1 Å². The molecule has 0 spiro atoms. The SMILES string of the molecule is COc1ncc(-n2ccc(Oc3ccc(Nc4ncnc5cc(OC)c(NC6CN(C(=O)OC(C)(C)C)C6)cc45)c(F)c3)n2)cn1. The number of hydrogen-bond acceptors (Lipinski definition) is 12. The number of aromatic nitrogens is 6. The van der Waals surface area contributed by atoms with E-state index >= 15 is 4.39 Å². The Morgan fingerprint density at radius 3 is 2.46 bits per heavy atom. The molecule has 0 atom stereocenters. The Morgan fingerprint density at radius 2 is 1.76 bits per heavy atom. The molecule has 1 aliphatic heterocycles. The second-order valence-corrected chi connectivity index (χ2v) is 11.4. The van der Waals surface area contributed by atoms with Gasteiger partial charge in [0.05, 0.1) is 49.5 Å². The van der Waals surface area contributed by atoms with Gasteiger partial charge in [-0.25, -0.2) is 33.8 Å². The number of fused-ring (bicyclic) bond motifs is 1. The third-order valence-electron chi connectivity index (χ3n) is 6.89. The van der Waals surface area contributed by atoms with Crippen molar-refractivity contribution in [3.8, 4) is 29.1 Å². The number of carbonyl (C=O) groups excluding carboxylic acids is 1. The van der Waals surface area contributed by atoms with Crippen LogP contribution in [-0.2, 0) is 4.74 Å². The highest BCUT2D eigenvalue weighted by molar-refractivity contribution is 5.95. The van der Waals surface area contributed by atoms with Crippen LogP contribution in [0, 0.1) is 5.82 Å². The molecule has 1 saturated heterocycles. The second-order valence-electron chi connectivity index (χ2n) is 11.4. The van der Waals surface area contributed by atoms with Crippen molar-refractivity contribution in [1.29, 1.82) is 0 Å². The van der Waals surface area contributed by atoms with Crippen LogP contribution in [0.1, 0.15) is 20.8 Å². The van der Waals surface area contributed by atoms with E-state index in [4.69, 9.17) is 18.9 Å². The van der Waals surface area contributed by atoms with Gasteiger partial charge in [0.2, 0.25) is 5.88 Å². The lowest BCUT2D eigenvalue weighted by Crippen LogP contribution is -2.57. The van der Waals surface area contributed by atoms with E-state index in [9.17, 15) is 4.79 Å². The molecule has 1 aliphatic rings. The quantitative estimate of drug-likeness (QED) is 0.217. The molecule has 46 heavy (non-hydrogen) atoms. The van der Waals surface area contributed by atoms with Crippen molar-refractivity contribution in [1.82, 2.24) is 34.6 Å². The fourth-order valence-corrected chi connectivity index (χ4v) is 4.68. The van der Waals surface area contributed by atoms with E-state index < -0.39 is 11.4 Å². The van der Waals surface area contributed by atoms with E-state index in [1.54, 1.807) is 54.9 Å². The van der Waals surface area contributed by atoms with Crippen molar-refractivity contribution in [2.45, 2.75) is 32.4 Å². The molecule has 0 aliphatic carbocycles. The summed E-state index contributed by atoms with van der Waals surface area (Å²) in [5, 5.41) is 11.5. The van der Waals surface area contributed by atoms with E-state index in [2.05, 4.69) is 35.7 Å². The van der Waals surface area contributed by atoms with E-state index in [1.807, 2.05) is 26.8 Å². The largest absolute Gasteiger partial charge is 0.495 e. The molecule has 14 nitrogen and oxygen atoms in total. The van der Waals surface area contributed by atoms with Crippen LogP contribution in [0.25, 0.3) is 16.6 Å². The third-order valence-corrected chi connectivity index (χ3v) is 6.89. The summed E-state index contributed by atoms with van der Waals surface area (Å²) in [6, 6.07) is 9.91. The normalized spacial score (nSPS) is 13.2. The molecule has 5 aromatic rings. The van der Waals surface area contributed by atoms with Gasteiger partial charge in [0.25, 0.3) is 0 Å². The van der Waals surface area contributed by atoms with Gasteiger partial charge in [-0.05, 0) is 39.0 Å². The standard InChI is InChI=1S/C31H32FN9O5/c1-31(2,3)46-30(42)40-15-18(16-40)37-25-11-21-24(12-26(25)43-4)35-17-36-28(21)38-23-7-6-20(10-22(23)32)45-27-8-9-41(39-27)19-13-33-29(44-5)34-14-19/h6-14,17-18,37H,15-16H2,1-5H3,(H,35,36,38). The molecule has 0 bridgehead atoms. The monoisotopic (exact) mass is 629 g/mol. The van der Waals surface area contributed by atoms with Crippen LogP contribution in [0.4, 0.5) is 26.4 Å². The van der Waals surface area contributed by atoms with Crippen LogP contribution >= 0.6 is 0 Å². The van der Waals surface area contributed by atoms with Gasteiger partial charge in [-0.3, -0.25) is 0 Å². The molecular weight excluding hydrogens is 597 g/mol. The Kier molecular flexibility index (Phi) is 8.13. The van der Waals surface area contributed by atoms with Crippen molar-refractivity contribution in [2.24, 2.45) is 0 Å². The van der Waals surface area contributed by atoms with Crippen LogP contribution in [0.2, 0.25) is 0 Å². The van der Waals surface area contributed by atoms with Gasteiger partial charge in [-0.1, -0.05) is 0 Å². The number of hydrogen-bond donors (Lipinski definition) is 2. The minimum absolute atomic E-state index is 0.0131. The zero-order valence-corrected chi connectivity index (χ0v) is 25.8. The number of likely N-dealkylation sites (tertiary alicyclic amines) is 1. The Bertz CT molecular complexity index is 1870. The number of rotatable bonds is 9. The van der Waals surface area contributed by atoms with Gasteiger partial charge in [-0.15, -0.1) is 5.10 Å². The van der Waals surface area contributed by atoms with Crippen molar-refractivity contribution in [2.75, 3.05) is 37.9 Å². The number of carbonyl (C=O) groups is 1. The topological polar surface area (TPSA) is 151 Å². The molecule has 2 aromatic carbocycles. The smallest absolute Gasteiger partial charge is 0.410 e. The fraction of sp³-hybridized carbons (Fsp3) is 0.290. The highest BCUT2D eigenvalue weighted by Crippen LogP contribution is 2.35. The van der Waals surface area contributed by atoms with Crippen molar-refractivity contribution >= 4 is 34.2 Å². The first-order chi connectivity index (χ1) is 22.1. The number of amides is 1. The summed E-state index contributed by atoms with van der Waals surface area (Å²) in [5.41, 5.74) is 1.51. The number of nitrogens with one attached hydrogen (secondary N) is 2. The summed E-state index contributed by atoms with van der Waals surface area (Å²) in [6.07, 6.45) is 5.83. The lowest BCUT2D eigenvalue weighted by molar-refractivity contribution is 0.0105. The highest BCUT2D eigenvalue weighted by Gasteiger charge is 2.34. The predicted octanol–water partition coefficient (Wildman–Crippen LogP) is 5.33. The maximum Gasteiger partial charge on any atom is 0.410 e. The molecular formula is C31H32FN9O5. The van der Waals surface area contributed by atoms with Gasteiger partial charge < -0.3 is 34.5 Å². The molecule has 3 aromatic heterocycles. The van der Waals surface area contributed by atoms with Gasteiger partial charge in [-0.2, -0.15) is 0 Å². The first-order valence-corrected chi connectivity index (χ1v) is 14.3. The molecule has 0 saturated carbocycles. The zero-order valence-electron chi connectivity index (χ0n) is 25.8. The predicted molar refractivity (Wildman–Crippen MR) is 167 cm³/mol. The van der Waals surface area contributed by atoms with Gasteiger partial charge >= 0.3 is 12.1 Å². The molecule has 0 radical (unpaired) electrons. The number of benzene rings is 2. The lowest BCUT2D eigenvalue weighted by Gasteiger charge is -2.40. The van der Waals surface area contributed by atoms with Crippen LogP contribution in [0.3, 0.4) is 0 Å². The summed E-state index contributed by atoms with van der Waals surface area (Å²) in [5.74, 6) is 0.919. The summed E-state index contributed by atoms with van der Waals surface area (Å²) in [4.78, 5) is 30.8. The van der Waals surface area contributed by atoms with Crippen molar-refractivity contribution in [3.63, 3.8) is 0 Å². The van der Waals surface area contributed by atoms with Crippen LogP contribution in [0.15, 0.2) is 61.3 Å². The minimum Gasteiger partial charge on any atom is -0.495 e. The number of ether oxygens (including phenoxy) is 4. The van der Waals surface area contributed by atoms with E-state index in [1.165, 1.54) is 24.2 Å². The van der Waals surface area contributed by atoms with Gasteiger partial charge in [0.15, 0.2) is 0 Å². The molecule has 1 amide bonds. The Hall–Kier alpha value is -5.73. The third kappa shape index (κ3) is 6.67. The molecule has 4 heterocycles. The van der Waals surface area contributed by atoms with E-state index in [0.29, 0.717) is 46.9 Å². The molecule has 2 N–H and O–H groups in total. The lowest BCUT2D eigenvalue weighted by atomic mass is 10.1. The summed E-state index contributed by atoms with van der Waals surface area (Å²) in [6.45, 7) is 6.45.